The molecule has 10 heteroatoms. The first-order valence-corrected chi connectivity index (χ1v) is 10.5. The van der Waals surface area contributed by atoms with E-state index in [4.69, 9.17) is 17.3 Å². The highest BCUT2D eigenvalue weighted by atomic mass is 35.5. The number of anilines is 1. The van der Waals surface area contributed by atoms with Gasteiger partial charge in [0.2, 0.25) is 0 Å². The summed E-state index contributed by atoms with van der Waals surface area (Å²) in [6.07, 6.45) is 1.75. The van der Waals surface area contributed by atoms with Gasteiger partial charge in [0, 0.05) is 12.6 Å². The molecule has 0 saturated heterocycles. The summed E-state index contributed by atoms with van der Waals surface area (Å²) in [6.45, 7) is 7.86. The van der Waals surface area contributed by atoms with E-state index in [0.29, 0.717) is 29.5 Å². The van der Waals surface area contributed by atoms with Gasteiger partial charge in [-0.15, -0.1) is 5.10 Å². The van der Waals surface area contributed by atoms with Crippen LogP contribution in [0.3, 0.4) is 0 Å². The minimum atomic E-state index is -1.03. The number of halogens is 1. The van der Waals surface area contributed by atoms with Gasteiger partial charge in [0.05, 0.1) is 24.1 Å². The third kappa shape index (κ3) is 4.09. The van der Waals surface area contributed by atoms with E-state index >= 15 is 0 Å². The highest BCUT2D eigenvalue weighted by molar-refractivity contribution is 6.35. The Labute approximate surface area is 190 Å². The number of aliphatic hydroxyl groups is 1. The van der Waals surface area contributed by atoms with Crippen molar-refractivity contribution in [2.45, 2.75) is 39.8 Å². The number of benzene rings is 1. The molecular weight excluding hydrogens is 428 g/mol. The summed E-state index contributed by atoms with van der Waals surface area (Å²) in [6, 6.07) is 7.79. The van der Waals surface area contributed by atoms with E-state index in [9.17, 15) is 5.11 Å². The van der Waals surface area contributed by atoms with Gasteiger partial charge >= 0.3 is 0 Å². The van der Waals surface area contributed by atoms with Crippen LogP contribution in [0.4, 0.5) is 5.82 Å². The topological polar surface area (TPSA) is 121 Å². The summed E-state index contributed by atoms with van der Waals surface area (Å²) >= 11 is 6.44. The van der Waals surface area contributed by atoms with E-state index in [1.165, 1.54) is 0 Å². The molecule has 3 N–H and O–H groups in total. The number of hydrogen-bond acceptors (Lipinski definition) is 7. The Morgan fingerprint density at radius 1 is 1.19 bits per heavy atom. The zero-order valence-corrected chi connectivity index (χ0v) is 19.4. The van der Waals surface area contributed by atoms with E-state index in [-0.39, 0.29) is 10.8 Å². The van der Waals surface area contributed by atoms with E-state index in [0.717, 1.165) is 22.4 Å². The quantitative estimate of drug-likeness (QED) is 0.476. The Balaban J connectivity index is 1.70. The summed E-state index contributed by atoms with van der Waals surface area (Å²) in [4.78, 5) is 9.05. The van der Waals surface area contributed by atoms with Gasteiger partial charge in [0.15, 0.2) is 5.82 Å². The van der Waals surface area contributed by atoms with Crippen LogP contribution in [0.1, 0.15) is 36.4 Å². The molecule has 0 fully saturated rings. The fourth-order valence-electron chi connectivity index (χ4n) is 3.35. The second-order valence-electron chi connectivity index (χ2n) is 8.35. The lowest BCUT2D eigenvalue weighted by atomic mass is 10.0. The Morgan fingerprint density at radius 3 is 2.62 bits per heavy atom. The zero-order chi connectivity index (χ0) is 23.2. The number of nitrogens with zero attached hydrogens (tertiary/aromatic N) is 7. The van der Waals surface area contributed by atoms with Crippen molar-refractivity contribution in [3.05, 3.63) is 58.0 Å². The van der Waals surface area contributed by atoms with E-state index in [1.807, 2.05) is 45.2 Å². The Hall–Kier alpha value is -3.30. The van der Waals surface area contributed by atoms with Crippen LogP contribution < -0.4 is 5.73 Å². The molecule has 0 unspecified atom stereocenters. The molecule has 4 aromatic rings. The molecule has 32 heavy (non-hydrogen) atoms. The Bertz CT molecular complexity index is 1300. The molecule has 0 radical (unpaired) electrons. The molecule has 0 aliphatic carbocycles. The summed E-state index contributed by atoms with van der Waals surface area (Å²) in [5.74, 6) is 0.669. The molecular formula is C22H25ClN8O. The van der Waals surface area contributed by atoms with Crippen molar-refractivity contribution in [2.24, 2.45) is 7.05 Å². The highest BCUT2D eigenvalue weighted by Gasteiger charge is 2.22. The predicted molar refractivity (Wildman–Crippen MR) is 123 cm³/mol. The lowest BCUT2D eigenvalue weighted by Gasteiger charge is -2.12. The monoisotopic (exact) mass is 452 g/mol. The van der Waals surface area contributed by atoms with Crippen molar-refractivity contribution in [1.82, 2.24) is 34.7 Å². The molecule has 0 amide bonds. The fourth-order valence-corrected chi connectivity index (χ4v) is 3.53. The van der Waals surface area contributed by atoms with Crippen LogP contribution in [-0.4, -0.2) is 39.8 Å². The molecule has 0 bridgehead atoms. The summed E-state index contributed by atoms with van der Waals surface area (Å²) < 4.78 is 3.37. The third-order valence-corrected chi connectivity index (χ3v) is 5.80. The SMILES string of the molecule is Cc1cccc(-c2nc(N)c(Cl)c(-c3cn(Cc4cc(C(C)(C)O)nn4C)nn3)n2)c1C. The normalized spacial score (nSPS) is 11.8. The smallest absolute Gasteiger partial charge is 0.162 e. The fraction of sp³-hybridized carbons (Fsp3) is 0.318. The maximum atomic E-state index is 10.2. The molecule has 0 aliphatic heterocycles. The number of nitrogen functional groups attached to an aromatic ring is 1. The largest absolute Gasteiger partial charge is 0.384 e. The number of hydrogen-bond donors (Lipinski definition) is 2. The summed E-state index contributed by atoms with van der Waals surface area (Å²) in [7, 11) is 1.82. The standard InChI is InChI=1S/C22H25ClN8O/c1-12-7-6-8-15(13(12)2)21-25-19(18(23)20(24)26-21)16-11-31(29-27-16)10-14-9-17(22(3,4)32)28-30(14)5/h6-9,11,32H,10H2,1-5H3,(H2,24,25,26). The minimum absolute atomic E-state index is 0.184. The van der Waals surface area contributed by atoms with Gasteiger partial charge < -0.3 is 10.8 Å². The molecule has 1 aromatic carbocycles. The average molecular weight is 453 g/mol. The van der Waals surface area contributed by atoms with Crippen molar-refractivity contribution in [2.75, 3.05) is 5.73 Å². The van der Waals surface area contributed by atoms with Crippen molar-refractivity contribution in [3.63, 3.8) is 0 Å². The first-order chi connectivity index (χ1) is 15.0. The Kier molecular flexibility index (Phi) is 5.47. The molecule has 3 heterocycles. The van der Waals surface area contributed by atoms with Crippen LogP contribution in [-0.2, 0) is 19.2 Å². The molecule has 0 spiro atoms. The van der Waals surface area contributed by atoms with Crippen LogP contribution in [0.25, 0.3) is 22.8 Å². The number of nitrogens with two attached hydrogens (primary N) is 1. The first kappa shape index (κ1) is 21.9. The second-order valence-corrected chi connectivity index (χ2v) is 8.73. The molecule has 4 rings (SSSR count). The molecule has 0 atom stereocenters. The maximum absolute atomic E-state index is 10.2. The molecule has 9 nitrogen and oxygen atoms in total. The minimum Gasteiger partial charge on any atom is -0.384 e. The van der Waals surface area contributed by atoms with Crippen LogP contribution in [0.5, 0.6) is 0 Å². The van der Waals surface area contributed by atoms with Gasteiger partial charge in [-0.05, 0) is 44.9 Å². The summed E-state index contributed by atoms with van der Waals surface area (Å²) in [5, 5.41) is 23.3. The van der Waals surface area contributed by atoms with Crippen molar-refractivity contribution in [1.29, 1.82) is 0 Å². The molecule has 0 aliphatic rings. The molecule has 3 aromatic heterocycles. The average Bonchev–Trinajstić information content (AvgIpc) is 3.33. The Morgan fingerprint density at radius 2 is 1.94 bits per heavy atom. The lowest BCUT2D eigenvalue weighted by Crippen LogP contribution is -2.16. The van der Waals surface area contributed by atoms with E-state index in [2.05, 4.69) is 25.4 Å². The van der Waals surface area contributed by atoms with Crippen LogP contribution in [0.2, 0.25) is 5.02 Å². The van der Waals surface area contributed by atoms with Gasteiger partial charge in [0.1, 0.15) is 27.8 Å². The van der Waals surface area contributed by atoms with Gasteiger partial charge in [-0.2, -0.15) is 5.10 Å². The maximum Gasteiger partial charge on any atom is 0.162 e. The van der Waals surface area contributed by atoms with Gasteiger partial charge in [0.25, 0.3) is 0 Å². The number of rotatable bonds is 5. The molecule has 166 valence electrons. The van der Waals surface area contributed by atoms with Gasteiger partial charge in [-0.25, -0.2) is 14.6 Å². The number of aryl methyl sites for hydroxylation is 2. The zero-order valence-electron chi connectivity index (χ0n) is 18.6. The van der Waals surface area contributed by atoms with Crippen molar-refractivity contribution < 1.29 is 5.11 Å². The van der Waals surface area contributed by atoms with Crippen molar-refractivity contribution in [3.8, 4) is 22.8 Å². The van der Waals surface area contributed by atoms with Crippen LogP contribution >= 0.6 is 11.6 Å². The van der Waals surface area contributed by atoms with Crippen molar-refractivity contribution >= 4 is 17.4 Å². The first-order valence-electron chi connectivity index (χ1n) is 10.1. The van der Waals surface area contributed by atoms with Crippen LogP contribution in [0.15, 0.2) is 30.5 Å². The lowest BCUT2D eigenvalue weighted by molar-refractivity contribution is 0.0732. The summed E-state index contributed by atoms with van der Waals surface area (Å²) in [5.41, 5.74) is 10.5. The molecule has 0 saturated carbocycles. The van der Waals surface area contributed by atoms with E-state index in [1.54, 1.807) is 29.4 Å². The second kappa shape index (κ2) is 7.99. The van der Waals surface area contributed by atoms with Gasteiger partial charge in [-0.1, -0.05) is 35.0 Å². The van der Waals surface area contributed by atoms with Crippen LogP contribution in [0, 0.1) is 13.8 Å². The van der Waals surface area contributed by atoms with Gasteiger partial charge in [-0.3, -0.25) is 4.68 Å². The predicted octanol–water partition coefficient (Wildman–Crippen LogP) is 3.26. The third-order valence-electron chi connectivity index (χ3n) is 5.43. The number of aromatic nitrogens is 7. The highest BCUT2D eigenvalue weighted by Crippen LogP contribution is 2.32. The van der Waals surface area contributed by atoms with E-state index < -0.39 is 5.60 Å².